The average Bonchev–Trinajstić information content (AvgIpc) is 2.45. The summed E-state index contributed by atoms with van der Waals surface area (Å²) in [4.78, 5) is 23.0. The Bertz CT molecular complexity index is 772. The molecule has 0 aliphatic rings. The van der Waals surface area contributed by atoms with E-state index < -0.39 is 11.7 Å². The van der Waals surface area contributed by atoms with E-state index in [1.807, 2.05) is 45.1 Å². The Balaban J connectivity index is 1.87. The Labute approximate surface area is 134 Å². The van der Waals surface area contributed by atoms with Gasteiger partial charge in [-0.25, -0.2) is 9.89 Å². The summed E-state index contributed by atoms with van der Waals surface area (Å²) in [6.07, 6.45) is 5.79. The first kappa shape index (κ1) is 16.7. The molecule has 6 nitrogen and oxygen atoms in total. The summed E-state index contributed by atoms with van der Waals surface area (Å²) < 4.78 is 5.15. The van der Waals surface area contributed by atoms with Crippen molar-refractivity contribution in [2.75, 3.05) is 6.54 Å². The molecule has 1 heterocycles. The van der Waals surface area contributed by atoms with E-state index in [1.165, 1.54) is 0 Å². The minimum Gasteiger partial charge on any atom is -0.444 e. The van der Waals surface area contributed by atoms with Crippen molar-refractivity contribution in [2.24, 2.45) is 0 Å². The van der Waals surface area contributed by atoms with Gasteiger partial charge < -0.3 is 10.1 Å². The van der Waals surface area contributed by atoms with Crippen molar-refractivity contribution in [3.63, 3.8) is 0 Å². The van der Waals surface area contributed by atoms with Gasteiger partial charge in [-0.15, -0.1) is 0 Å². The van der Waals surface area contributed by atoms with Crippen LogP contribution in [-0.4, -0.2) is 28.4 Å². The van der Waals surface area contributed by atoms with Gasteiger partial charge in [0.25, 0.3) is 5.56 Å². The second kappa shape index (κ2) is 7.09. The molecule has 0 saturated carbocycles. The maximum absolute atomic E-state index is 11.6. The van der Waals surface area contributed by atoms with Crippen LogP contribution in [-0.2, 0) is 4.74 Å². The topological polar surface area (TPSA) is 84.1 Å². The fraction of sp³-hybridized carbons (Fsp3) is 0.353. The van der Waals surface area contributed by atoms with Gasteiger partial charge in [0.05, 0.1) is 11.6 Å². The summed E-state index contributed by atoms with van der Waals surface area (Å²) in [6.45, 7) is 5.98. The number of aromatic amines is 1. The molecular weight excluding hydrogens is 294 g/mol. The average molecular weight is 315 g/mol. The summed E-state index contributed by atoms with van der Waals surface area (Å²) in [5, 5.41) is 10.3. The molecule has 0 radical (unpaired) electrons. The number of alkyl carbamates (subject to hydrolysis) is 1. The number of ether oxygens (including phenoxy) is 1. The number of aromatic nitrogens is 2. The van der Waals surface area contributed by atoms with Gasteiger partial charge in [-0.3, -0.25) is 4.79 Å². The molecule has 122 valence electrons. The highest BCUT2D eigenvalue weighted by atomic mass is 16.6. The molecule has 2 N–H and O–H groups in total. The van der Waals surface area contributed by atoms with Crippen molar-refractivity contribution in [3.05, 3.63) is 46.4 Å². The largest absolute Gasteiger partial charge is 0.444 e. The molecule has 2 aromatic rings. The van der Waals surface area contributed by atoms with Crippen molar-refractivity contribution in [1.29, 1.82) is 0 Å². The Morgan fingerprint density at radius 3 is 2.91 bits per heavy atom. The van der Waals surface area contributed by atoms with Crippen LogP contribution in [0.4, 0.5) is 4.79 Å². The van der Waals surface area contributed by atoms with Gasteiger partial charge in [0.2, 0.25) is 0 Å². The first-order valence-corrected chi connectivity index (χ1v) is 7.46. The SMILES string of the molecule is CC(C)(C)OC(=O)NCCC=Cc1ccc2c(=O)[nH]ncc2c1. The molecule has 1 aromatic heterocycles. The molecule has 0 saturated heterocycles. The van der Waals surface area contributed by atoms with Crippen LogP contribution in [0.15, 0.2) is 35.3 Å². The predicted molar refractivity (Wildman–Crippen MR) is 90.3 cm³/mol. The molecule has 6 heteroatoms. The number of carbonyl (C=O) groups excluding carboxylic acids is 1. The Morgan fingerprint density at radius 1 is 1.39 bits per heavy atom. The summed E-state index contributed by atoms with van der Waals surface area (Å²) >= 11 is 0. The van der Waals surface area contributed by atoms with Crippen LogP contribution in [0.25, 0.3) is 16.8 Å². The maximum atomic E-state index is 11.6. The Morgan fingerprint density at radius 2 is 2.17 bits per heavy atom. The first-order valence-electron chi connectivity index (χ1n) is 7.46. The van der Waals surface area contributed by atoms with Gasteiger partial charge in [-0.1, -0.05) is 18.2 Å². The van der Waals surface area contributed by atoms with Crippen LogP contribution >= 0.6 is 0 Å². The highest BCUT2D eigenvalue weighted by Gasteiger charge is 2.15. The molecule has 0 spiro atoms. The van der Waals surface area contributed by atoms with Crippen LogP contribution in [0, 0.1) is 0 Å². The van der Waals surface area contributed by atoms with E-state index in [0.717, 1.165) is 10.9 Å². The zero-order valence-corrected chi connectivity index (χ0v) is 13.6. The summed E-state index contributed by atoms with van der Waals surface area (Å²) in [6, 6.07) is 5.54. The Kier molecular flexibility index (Phi) is 5.16. The van der Waals surface area contributed by atoms with Gasteiger partial charge >= 0.3 is 6.09 Å². The number of nitrogens with one attached hydrogen (secondary N) is 2. The zero-order valence-electron chi connectivity index (χ0n) is 13.6. The number of H-pyrrole nitrogens is 1. The molecule has 0 aliphatic heterocycles. The van der Waals surface area contributed by atoms with E-state index in [-0.39, 0.29) is 5.56 Å². The molecule has 0 unspecified atom stereocenters. The number of benzene rings is 1. The zero-order chi connectivity index (χ0) is 16.9. The van der Waals surface area contributed by atoms with E-state index >= 15 is 0 Å². The van der Waals surface area contributed by atoms with Crippen LogP contribution in [0.5, 0.6) is 0 Å². The lowest BCUT2D eigenvalue weighted by atomic mass is 10.1. The van der Waals surface area contributed by atoms with Crippen LogP contribution < -0.4 is 10.9 Å². The molecule has 0 atom stereocenters. The molecular formula is C17H21N3O3. The van der Waals surface area contributed by atoms with Crippen LogP contribution in [0.3, 0.4) is 0 Å². The second-order valence-electron chi connectivity index (χ2n) is 6.17. The van der Waals surface area contributed by atoms with E-state index in [4.69, 9.17) is 4.74 Å². The number of nitrogens with zero attached hydrogens (tertiary/aromatic N) is 1. The third-order valence-corrected chi connectivity index (χ3v) is 2.98. The third kappa shape index (κ3) is 5.25. The van der Waals surface area contributed by atoms with Gasteiger partial charge in [0.1, 0.15) is 5.60 Å². The number of hydrogen-bond acceptors (Lipinski definition) is 4. The van der Waals surface area contributed by atoms with E-state index in [9.17, 15) is 9.59 Å². The Hall–Kier alpha value is -2.63. The molecule has 0 aliphatic carbocycles. The van der Waals surface area contributed by atoms with Crippen molar-refractivity contribution >= 4 is 22.9 Å². The van der Waals surface area contributed by atoms with Gasteiger partial charge in [-0.2, -0.15) is 5.10 Å². The van der Waals surface area contributed by atoms with E-state index in [1.54, 1.807) is 12.3 Å². The molecule has 1 aromatic carbocycles. The fourth-order valence-electron chi connectivity index (χ4n) is 2.01. The summed E-state index contributed by atoms with van der Waals surface area (Å²) in [7, 11) is 0. The quantitative estimate of drug-likeness (QED) is 0.850. The van der Waals surface area contributed by atoms with E-state index in [2.05, 4.69) is 15.5 Å². The van der Waals surface area contributed by atoms with Crippen LogP contribution in [0.2, 0.25) is 0 Å². The van der Waals surface area contributed by atoms with E-state index in [0.29, 0.717) is 18.4 Å². The second-order valence-corrected chi connectivity index (χ2v) is 6.17. The van der Waals surface area contributed by atoms with Crippen molar-refractivity contribution in [3.8, 4) is 0 Å². The fourth-order valence-corrected chi connectivity index (χ4v) is 2.01. The lowest BCUT2D eigenvalue weighted by Gasteiger charge is -2.19. The van der Waals surface area contributed by atoms with Crippen molar-refractivity contribution in [1.82, 2.24) is 15.5 Å². The highest BCUT2D eigenvalue weighted by molar-refractivity contribution is 5.82. The monoisotopic (exact) mass is 315 g/mol. The number of fused-ring (bicyclic) bond motifs is 1. The van der Waals surface area contributed by atoms with Gasteiger partial charge in [0.15, 0.2) is 0 Å². The molecule has 0 bridgehead atoms. The van der Waals surface area contributed by atoms with Crippen molar-refractivity contribution in [2.45, 2.75) is 32.8 Å². The van der Waals surface area contributed by atoms with Gasteiger partial charge in [-0.05, 0) is 44.9 Å². The normalized spacial score (nSPS) is 11.8. The van der Waals surface area contributed by atoms with Gasteiger partial charge in [0, 0.05) is 11.9 Å². The number of rotatable bonds is 4. The highest BCUT2D eigenvalue weighted by Crippen LogP contribution is 2.12. The van der Waals surface area contributed by atoms with Crippen LogP contribution in [0.1, 0.15) is 32.8 Å². The lowest BCUT2D eigenvalue weighted by Crippen LogP contribution is -2.32. The summed E-state index contributed by atoms with van der Waals surface area (Å²) in [5.41, 5.74) is 0.290. The molecule has 23 heavy (non-hydrogen) atoms. The maximum Gasteiger partial charge on any atom is 0.407 e. The molecule has 2 rings (SSSR count). The number of carbonyl (C=O) groups is 1. The third-order valence-electron chi connectivity index (χ3n) is 2.98. The number of hydrogen-bond donors (Lipinski definition) is 2. The molecule has 1 amide bonds. The minimum atomic E-state index is -0.489. The lowest BCUT2D eigenvalue weighted by molar-refractivity contribution is 0.0529. The minimum absolute atomic E-state index is 0.195. The van der Waals surface area contributed by atoms with Crippen molar-refractivity contribution < 1.29 is 9.53 Å². The predicted octanol–water partition coefficient (Wildman–Crippen LogP) is 2.85. The smallest absolute Gasteiger partial charge is 0.407 e. The summed E-state index contributed by atoms with van der Waals surface area (Å²) in [5.74, 6) is 0. The number of amides is 1. The molecule has 0 fully saturated rings. The first-order chi connectivity index (χ1) is 10.8. The standard InChI is InChI=1S/C17H21N3O3/c1-17(2,3)23-16(22)18-9-5-4-6-12-7-8-14-13(10-12)11-19-20-15(14)21/h4,6-8,10-11H,5,9H2,1-3H3,(H,18,22)(H,20,21).